The number of rotatable bonds is 13. The van der Waals surface area contributed by atoms with Gasteiger partial charge in [0.1, 0.15) is 12.0 Å². The normalized spacial score (nSPS) is 13.4. The molecular weight excluding hydrogens is 208 g/mol. The van der Waals surface area contributed by atoms with Crippen molar-refractivity contribution in [1.82, 2.24) is 0 Å². The quantitative estimate of drug-likeness (QED) is 0.361. The second kappa shape index (κ2) is 10.7. The van der Waals surface area contributed by atoms with E-state index in [1.54, 1.807) is 0 Å². The van der Waals surface area contributed by atoms with Crippen molar-refractivity contribution in [2.45, 2.75) is 90.4 Å². The van der Waals surface area contributed by atoms with Crippen LogP contribution < -0.4 is 0 Å². The van der Waals surface area contributed by atoms with Crippen LogP contribution in [-0.4, -0.2) is 0 Å². The molecular formula is C16H30O. The average molecular weight is 238 g/mol. The van der Waals surface area contributed by atoms with Crippen molar-refractivity contribution < 1.29 is 4.74 Å². The highest BCUT2D eigenvalue weighted by Gasteiger charge is 2.07. The third-order valence-corrected chi connectivity index (χ3v) is 3.56. The molecule has 1 heterocycles. The standard InChI is InChI=1S/C16H30O/c1-2-3-4-5-6-7-8-9-10-11-12-13-14-16-15-17-16/h15H,2-14H2,1H3. The fourth-order valence-electron chi connectivity index (χ4n) is 2.30. The summed E-state index contributed by atoms with van der Waals surface area (Å²) in [5.41, 5.74) is 0. The third kappa shape index (κ3) is 10.4. The van der Waals surface area contributed by atoms with Gasteiger partial charge in [0.2, 0.25) is 0 Å². The van der Waals surface area contributed by atoms with Crippen molar-refractivity contribution in [2.75, 3.05) is 0 Å². The molecule has 0 aromatic rings. The third-order valence-electron chi connectivity index (χ3n) is 3.56. The van der Waals surface area contributed by atoms with Crippen LogP contribution in [0.15, 0.2) is 12.0 Å². The molecule has 0 N–H and O–H groups in total. The first-order chi connectivity index (χ1) is 8.43. The molecule has 0 radical (unpaired) electrons. The Bertz CT molecular complexity index is 196. The maximum absolute atomic E-state index is 5.00. The van der Waals surface area contributed by atoms with Crippen LogP contribution in [0.25, 0.3) is 0 Å². The Hall–Kier alpha value is -0.460. The van der Waals surface area contributed by atoms with Crippen LogP contribution in [0.2, 0.25) is 0 Å². The van der Waals surface area contributed by atoms with Gasteiger partial charge in [-0.1, -0.05) is 77.6 Å². The lowest BCUT2D eigenvalue weighted by Crippen LogP contribution is -1.82. The van der Waals surface area contributed by atoms with Crippen LogP contribution in [-0.2, 0) is 4.74 Å². The summed E-state index contributed by atoms with van der Waals surface area (Å²) in [7, 11) is 0. The molecule has 0 atom stereocenters. The van der Waals surface area contributed by atoms with Gasteiger partial charge in [0, 0.05) is 6.42 Å². The molecule has 0 saturated carbocycles. The second-order valence-electron chi connectivity index (χ2n) is 5.34. The van der Waals surface area contributed by atoms with Crippen molar-refractivity contribution in [2.24, 2.45) is 0 Å². The van der Waals surface area contributed by atoms with Crippen molar-refractivity contribution in [3.05, 3.63) is 12.0 Å². The van der Waals surface area contributed by atoms with Crippen LogP contribution in [0, 0.1) is 0 Å². The molecule has 0 spiro atoms. The van der Waals surface area contributed by atoms with Gasteiger partial charge in [-0.15, -0.1) is 0 Å². The molecule has 1 aliphatic rings. The number of allylic oxidation sites excluding steroid dienone is 1. The van der Waals surface area contributed by atoms with Crippen molar-refractivity contribution in [3.8, 4) is 0 Å². The molecule has 1 rings (SSSR count). The van der Waals surface area contributed by atoms with Crippen molar-refractivity contribution in [1.29, 1.82) is 0 Å². The maximum Gasteiger partial charge on any atom is 0.138 e. The van der Waals surface area contributed by atoms with Crippen LogP contribution in [0.4, 0.5) is 0 Å². The Morgan fingerprint density at radius 1 is 0.706 bits per heavy atom. The maximum atomic E-state index is 5.00. The van der Waals surface area contributed by atoms with Gasteiger partial charge in [-0.3, -0.25) is 0 Å². The molecule has 0 aliphatic carbocycles. The summed E-state index contributed by atoms with van der Waals surface area (Å²) in [5, 5.41) is 0. The van der Waals surface area contributed by atoms with E-state index in [1.165, 1.54) is 89.2 Å². The molecule has 0 bridgehead atoms. The van der Waals surface area contributed by atoms with Gasteiger partial charge in [-0.05, 0) is 6.42 Å². The van der Waals surface area contributed by atoms with E-state index in [9.17, 15) is 0 Å². The molecule has 100 valence electrons. The predicted octanol–water partition coefficient (Wildman–Crippen LogP) is 5.95. The summed E-state index contributed by atoms with van der Waals surface area (Å²) in [4.78, 5) is 0. The number of unbranched alkanes of at least 4 members (excludes halogenated alkanes) is 11. The molecule has 1 aliphatic heterocycles. The topological polar surface area (TPSA) is 12.5 Å². The Morgan fingerprint density at radius 3 is 1.53 bits per heavy atom. The number of ether oxygens (including phenoxy) is 1. The van der Waals surface area contributed by atoms with E-state index in [-0.39, 0.29) is 0 Å². The Kier molecular flexibility index (Phi) is 9.17. The van der Waals surface area contributed by atoms with E-state index in [1.807, 2.05) is 6.26 Å². The van der Waals surface area contributed by atoms with Gasteiger partial charge in [-0.2, -0.15) is 0 Å². The van der Waals surface area contributed by atoms with Crippen molar-refractivity contribution in [3.63, 3.8) is 0 Å². The van der Waals surface area contributed by atoms with E-state index in [4.69, 9.17) is 4.74 Å². The number of hydrogen-bond donors (Lipinski definition) is 0. The first-order valence-electron chi connectivity index (χ1n) is 7.79. The van der Waals surface area contributed by atoms with E-state index < -0.39 is 0 Å². The predicted molar refractivity (Wildman–Crippen MR) is 74.9 cm³/mol. The first kappa shape index (κ1) is 14.6. The Balaban J connectivity index is 1.62. The zero-order chi connectivity index (χ0) is 12.2. The summed E-state index contributed by atoms with van der Waals surface area (Å²) in [6.45, 7) is 2.28. The largest absolute Gasteiger partial charge is 0.463 e. The Labute approximate surface area is 108 Å². The van der Waals surface area contributed by atoms with E-state index in [0.29, 0.717) is 0 Å². The Morgan fingerprint density at radius 2 is 1.12 bits per heavy atom. The van der Waals surface area contributed by atoms with Crippen molar-refractivity contribution >= 4 is 0 Å². The van der Waals surface area contributed by atoms with Crippen LogP contribution in [0.5, 0.6) is 0 Å². The highest BCUT2D eigenvalue weighted by Crippen LogP contribution is 2.21. The minimum absolute atomic E-state index is 1.18. The van der Waals surface area contributed by atoms with Crippen LogP contribution >= 0.6 is 0 Å². The van der Waals surface area contributed by atoms with Crippen LogP contribution in [0.1, 0.15) is 90.4 Å². The molecule has 1 nitrogen and oxygen atoms in total. The van der Waals surface area contributed by atoms with Gasteiger partial charge in [-0.25, -0.2) is 0 Å². The summed E-state index contributed by atoms with van der Waals surface area (Å²) in [6.07, 6.45) is 20.2. The summed E-state index contributed by atoms with van der Waals surface area (Å²) in [5.74, 6) is 1.22. The van der Waals surface area contributed by atoms with E-state index in [2.05, 4.69) is 6.92 Å². The SMILES string of the molecule is CCCCCCCCCCCCCCC1=CO1. The van der Waals surface area contributed by atoms with Gasteiger partial charge in [0.15, 0.2) is 0 Å². The molecule has 17 heavy (non-hydrogen) atoms. The summed E-state index contributed by atoms with van der Waals surface area (Å²) < 4.78 is 5.00. The van der Waals surface area contributed by atoms with Crippen LogP contribution in [0.3, 0.4) is 0 Å². The summed E-state index contributed by atoms with van der Waals surface area (Å²) in [6, 6.07) is 0. The minimum Gasteiger partial charge on any atom is -0.463 e. The lowest BCUT2D eigenvalue weighted by atomic mass is 10.0. The van der Waals surface area contributed by atoms with Gasteiger partial charge in [0.05, 0.1) is 0 Å². The van der Waals surface area contributed by atoms with Gasteiger partial charge in [0.25, 0.3) is 0 Å². The molecule has 0 saturated heterocycles. The molecule has 0 fully saturated rings. The number of hydrogen-bond acceptors (Lipinski definition) is 1. The highest BCUT2D eigenvalue weighted by molar-refractivity contribution is 5.01. The fraction of sp³-hybridized carbons (Fsp3) is 0.875. The van der Waals surface area contributed by atoms with Gasteiger partial charge < -0.3 is 4.74 Å². The average Bonchev–Trinajstić information content (AvgIpc) is 3.15. The molecule has 0 aromatic heterocycles. The summed E-state index contributed by atoms with van der Waals surface area (Å²) >= 11 is 0. The first-order valence-corrected chi connectivity index (χ1v) is 7.79. The molecule has 1 heteroatoms. The lowest BCUT2D eigenvalue weighted by molar-refractivity contribution is 0.469. The lowest BCUT2D eigenvalue weighted by Gasteiger charge is -2.02. The zero-order valence-electron chi connectivity index (χ0n) is 11.7. The van der Waals surface area contributed by atoms with Gasteiger partial charge >= 0.3 is 0 Å². The molecule has 0 aromatic carbocycles. The van der Waals surface area contributed by atoms with E-state index in [0.717, 1.165) is 0 Å². The fourth-order valence-corrected chi connectivity index (χ4v) is 2.30. The smallest absolute Gasteiger partial charge is 0.138 e. The minimum atomic E-state index is 1.18. The monoisotopic (exact) mass is 238 g/mol. The van der Waals surface area contributed by atoms with E-state index >= 15 is 0 Å². The molecule has 0 unspecified atom stereocenters. The zero-order valence-corrected chi connectivity index (χ0v) is 11.7. The molecule has 0 amide bonds. The second-order valence-corrected chi connectivity index (χ2v) is 5.34. The highest BCUT2D eigenvalue weighted by atomic mass is 16.5.